The van der Waals surface area contributed by atoms with E-state index in [1.807, 2.05) is 0 Å². The molecule has 0 bridgehead atoms. The molecule has 3 aromatic rings. The molecule has 3 unspecified atom stereocenters. The van der Waals surface area contributed by atoms with Crippen molar-refractivity contribution in [1.82, 2.24) is 24.8 Å². The van der Waals surface area contributed by atoms with E-state index in [0.29, 0.717) is 11.0 Å². The normalized spacial score (nSPS) is 20.6. The third-order valence-electron chi connectivity index (χ3n) is 4.48. The van der Waals surface area contributed by atoms with Crippen molar-refractivity contribution >= 4 is 34.2 Å². The summed E-state index contributed by atoms with van der Waals surface area (Å²) in [5.74, 6) is 0.0491. The van der Waals surface area contributed by atoms with Crippen molar-refractivity contribution in [2.45, 2.75) is 24.7 Å². The molecule has 3 N–H and O–H groups in total. The second-order valence-corrected chi connectivity index (χ2v) is 8.01. The molecule has 0 aliphatic carbocycles. The summed E-state index contributed by atoms with van der Waals surface area (Å²) in [7, 11) is 0. The number of fused-ring (bicyclic) bond motifs is 2. The number of alkyl halides is 3. The fourth-order valence-corrected chi connectivity index (χ4v) is 4.17. The number of ether oxygens (including phenoxy) is 1. The molecule has 30 heavy (non-hydrogen) atoms. The van der Waals surface area contributed by atoms with Crippen LogP contribution in [0.25, 0.3) is 11.0 Å². The summed E-state index contributed by atoms with van der Waals surface area (Å²) in [6, 6.07) is 7.99. The Morgan fingerprint density at radius 1 is 1.40 bits per heavy atom. The lowest BCUT2D eigenvalue weighted by molar-refractivity contribution is -0.208. The van der Waals surface area contributed by atoms with Crippen molar-refractivity contribution in [2.24, 2.45) is 0 Å². The summed E-state index contributed by atoms with van der Waals surface area (Å²) in [6.45, 7) is 1.48. The summed E-state index contributed by atoms with van der Waals surface area (Å²) in [6.07, 6.45) is -7.75. The predicted octanol–water partition coefficient (Wildman–Crippen LogP) is 2.09. The van der Waals surface area contributed by atoms with Crippen LogP contribution in [0, 0.1) is 0 Å². The van der Waals surface area contributed by atoms with Crippen molar-refractivity contribution in [3.05, 3.63) is 46.7 Å². The quantitative estimate of drug-likeness (QED) is 0.389. The van der Waals surface area contributed by atoms with Crippen molar-refractivity contribution < 1.29 is 27.6 Å². The third-order valence-corrected chi connectivity index (χ3v) is 5.71. The summed E-state index contributed by atoms with van der Waals surface area (Å²) in [5, 5.41) is 17.0. The molecule has 3 atom stereocenters. The van der Waals surface area contributed by atoms with Gasteiger partial charge in [0.25, 0.3) is 0 Å². The second-order valence-electron chi connectivity index (χ2n) is 6.73. The van der Waals surface area contributed by atoms with E-state index in [-0.39, 0.29) is 23.1 Å². The number of aromatic nitrogens is 4. The number of benzene rings is 1. The molecule has 2 aromatic heterocycles. The van der Waals surface area contributed by atoms with Gasteiger partial charge in [-0.3, -0.25) is 0 Å². The van der Waals surface area contributed by atoms with Gasteiger partial charge in [-0.25, -0.2) is 4.98 Å². The minimum absolute atomic E-state index is 0.0491. The number of hydrogen-bond acceptors (Lipinski definition) is 8. The molecule has 1 aliphatic heterocycles. The van der Waals surface area contributed by atoms with Gasteiger partial charge in [-0.2, -0.15) is 13.2 Å². The first-order chi connectivity index (χ1) is 14.1. The van der Waals surface area contributed by atoms with E-state index in [2.05, 4.69) is 24.8 Å². The SMILES string of the molecule is CC1(N[S+]([O-])Nn2nnc3ccccc32)COc2c1cc(C(O)C(F)(F)F)nc2Cl. The molecule has 1 aliphatic rings. The van der Waals surface area contributed by atoms with Crippen LogP contribution in [0.4, 0.5) is 13.2 Å². The van der Waals surface area contributed by atoms with Crippen LogP contribution in [0.3, 0.4) is 0 Å². The molecule has 14 heteroatoms. The van der Waals surface area contributed by atoms with Gasteiger partial charge in [-0.05, 0) is 30.3 Å². The number of nitrogens with one attached hydrogen (secondary N) is 2. The zero-order valence-corrected chi connectivity index (χ0v) is 16.7. The highest BCUT2D eigenvalue weighted by Crippen LogP contribution is 2.43. The van der Waals surface area contributed by atoms with Crippen LogP contribution in [0.2, 0.25) is 5.15 Å². The van der Waals surface area contributed by atoms with Crippen LogP contribution in [-0.4, -0.2) is 42.5 Å². The van der Waals surface area contributed by atoms with Crippen LogP contribution in [0.1, 0.15) is 24.3 Å². The highest BCUT2D eigenvalue weighted by molar-refractivity contribution is 7.90. The highest BCUT2D eigenvalue weighted by Gasteiger charge is 2.46. The molecular formula is C16H14ClF3N6O3S. The van der Waals surface area contributed by atoms with Gasteiger partial charge in [-0.1, -0.05) is 23.7 Å². The topological polar surface area (TPSA) is 120 Å². The van der Waals surface area contributed by atoms with E-state index in [1.165, 1.54) is 4.79 Å². The number of aliphatic hydroxyl groups is 1. The number of halogens is 4. The average Bonchev–Trinajstić information content (AvgIpc) is 3.22. The molecule has 4 rings (SSSR count). The zero-order chi connectivity index (χ0) is 21.7. The number of rotatable bonds is 5. The summed E-state index contributed by atoms with van der Waals surface area (Å²) in [5.41, 5.74) is -0.559. The first kappa shape index (κ1) is 20.9. The van der Waals surface area contributed by atoms with Crippen LogP contribution in [0.15, 0.2) is 30.3 Å². The lowest BCUT2D eigenvalue weighted by Gasteiger charge is -2.25. The molecule has 0 saturated heterocycles. The molecular weight excluding hydrogens is 449 g/mol. The van der Waals surface area contributed by atoms with Crippen LogP contribution in [0.5, 0.6) is 5.75 Å². The van der Waals surface area contributed by atoms with Crippen molar-refractivity contribution in [2.75, 3.05) is 11.4 Å². The smallest absolute Gasteiger partial charge is 0.420 e. The monoisotopic (exact) mass is 462 g/mol. The Balaban J connectivity index is 1.59. The number of aliphatic hydroxyl groups excluding tert-OH is 1. The predicted molar refractivity (Wildman–Crippen MR) is 101 cm³/mol. The molecule has 3 heterocycles. The highest BCUT2D eigenvalue weighted by atomic mass is 35.5. The van der Waals surface area contributed by atoms with E-state index in [1.54, 1.807) is 31.2 Å². The first-order valence-electron chi connectivity index (χ1n) is 8.44. The number of hydrogen-bond donors (Lipinski definition) is 3. The maximum Gasteiger partial charge on any atom is 0.420 e. The van der Waals surface area contributed by atoms with E-state index in [4.69, 9.17) is 16.3 Å². The molecule has 160 valence electrons. The Morgan fingerprint density at radius 2 is 2.13 bits per heavy atom. The van der Waals surface area contributed by atoms with Crippen molar-refractivity contribution in [1.29, 1.82) is 0 Å². The molecule has 9 nitrogen and oxygen atoms in total. The summed E-state index contributed by atoms with van der Waals surface area (Å²) >= 11 is 4.01. The van der Waals surface area contributed by atoms with Gasteiger partial charge < -0.3 is 14.4 Å². The maximum absolute atomic E-state index is 12.9. The van der Waals surface area contributed by atoms with E-state index in [0.717, 1.165) is 6.07 Å². The van der Waals surface area contributed by atoms with Gasteiger partial charge in [0.15, 0.2) is 28.6 Å². The van der Waals surface area contributed by atoms with Gasteiger partial charge >= 0.3 is 6.18 Å². The lowest BCUT2D eigenvalue weighted by atomic mass is 9.95. The maximum atomic E-state index is 12.9. The van der Waals surface area contributed by atoms with E-state index >= 15 is 0 Å². The Hall–Kier alpha value is -2.32. The van der Waals surface area contributed by atoms with E-state index in [9.17, 15) is 22.8 Å². The number of pyridine rings is 1. The molecule has 1 aromatic carbocycles. The largest absolute Gasteiger partial charge is 0.572 e. The van der Waals surface area contributed by atoms with E-state index < -0.39 is 35.1 Å². The minimum atomic E-state index is -4.92. The number of nitrogens with zero attached hydrogens (tertiary/aromatic N) is 4. The van der Waals surface area contributed by atoms with Crippen LogP contribution >= 0.6 is 11.6 Å². The molecule has 0 saturated carbocycles. The second kappa shape index (κ2) is 7.42. The van der Waals surface area contributed by atoms with Gasteiger partial charge in [-0.15, -0.1) is 19.4 Å². The number of para-hydroxylation sites is 1. The minimum Gasteiger partial charge on any atom is -0.572 e. The molecule has 0 spiro atoms. The molecule has 0 radical (unpaired) electrons. The molecule has 0 amide bonds. The standard InChI is InChI=1S/C16H14ClF3N6O3S/c1-15(23-30(28)25-26-11-5-3-2-4-9(11)22-24-26)7-29-12-8(15)6-10(21-14(12)17)13(27)16(18,19)20/h2-6,13,23,25,27H,7H2,1H3. The van der Waals surface area contributed by atoms with Gasteiger partial charge in [0.2, 0.25) is 0 Å². The third kappa shape index (κ3) is 3.74. The summed E-state index contributed by atoms with van der Waals surface area (Å²) in [4.78, 5) is 7.38. The zero-order valence-electron chi connectivity index (χ0n) is 15.1. The van der Waals surface area contributed by atoms with Crippen LogP contribution < -0.4 is 14.3 Å². The van der Waals surface area contributed by atoms with Gasteiger partial charge in [0.05, 0.1) is 5.69 Å². The Morgan fingerprint density at radius 3 is 2.87 bits per heavy atom. The summed E-state index contributed by atoms with van der Waals surface area (Å²) < 4.78 is 59.6. The van der Waals surface area contributed by atoms with Gasteiger partial charge in [0.1, 0.15) is 23.2 Å². The van der Waals surface area contributed by atoms with Crippen LogP contribution in [-0.2, 0) is 17.1 Å². The fourth-order valence-electron chi connectivity index (χ4n) is 3.00. The fraction of sp³-hybridized carbons (Fsp3) is 0.312. The van der Waals surface area contributed by atoms with Crippen molar-refractivity contribution in [3.63, 3.8) is 0 Å². The Bertz CT molecular complexity index is 1100. The van der Waals surface area contributed by atoms with Gasteiger partial charge in [0, 0.05) is 5.56 Å². The average molecular weight is 463 g/mol. The first-order valence-corrected chi connectivity index (χ1v) is 9.96. The Labute approximate surface area is 175 Å². The molecule has 0 fully saturated rings. The Kier molecular flexibility index (Phi) is 5.18. The lowest BCUT2D eigenvalue weighted by Crippen LogP contribution is -2.49. The van der Waals surface area contributed by atoms with Crippen molar-refractivity contribution in [3.8, 4) is 5.75 Å².